The van der Waals surface area contributed by atoms with Gasteiger partial charge in [-0.3, -0.25) is 9.59 Å². The number of carbonyl (C=O) groups excluding carboxylic acids is 1. The predicted octanol–water partition coefficient (Wildman–Crippen LogP) is 2.91. The van der Waals surface area contributed by atoms with Crippen LogP contribution >= 0.6 is 15.9 Å². The summed E-state index contributed by atoms with van der Waals surface area (Å²) >= 11 is 3.02. The van der Waals surface area contributed by atoms with E-state index in [1.165, 1.54) is 17.0 Å². The fraction of sp³-hybridized carbons (Fsp3) is 0.385. The molecule has 0 spiro atoms. The smallest absolute Gasteiger partial charge is 0.305 e. The van der Waals surface area contributed by atoms with Gasteiger partial charge in [0, 0.05) is 12.6 Å². The molecule has 0 aliphatic carbocycles. The standard InChI is InChI=1S/C13H15BrFNO3/c1-3-16(8(2)7-11(17)18)13(19)9-5-4-6-10(14)12(9)15/h4-6,8H,3,7H2,1-2H3,(H,17,18). The molecule has 104 valence electrons. The number of amides is 1. The highest BCUT2D eigenvalue weighted by Gasteiger charge is 2.24. The Kier molecular flexibility index (Phi) is 5.47. The van der Waals surface area contributed by atoms with Gasteiger partial charge < -0.3 is 10.0 Å². The van der Waals surface area contributed by atoms with Crippen LogP contribution in [0.5, 0.6) is 0 Å². The van der Waals surface area contributed by atoms with Gasteiger partial charge in [0.15, 0.2) is 0 Å². The first-order valence-corrected chi connectivity index (χ1v) is 6.64. The molecule has 0 radical (unpaired) electrons. The molecule has 0 aliphatic rings. The van der Waals surface area contributed by atoms with E-state index in [0.29, 0.717) is 6.54 Å². The van der Waals surface area contributed by atoms with Gasteiger partial charge in [-0.05, 0) is 41.9 Å². The summed E-state index contributed by atoms with van der Waals surface area (Å²) in [5, 5.41) is 8.76. The number of benzene rings is 1. The molecule has 6 heteroatoms. The Bertz CT molecular complexity index is 493. The third-order valence-electron chi connectivity index (χ3n) is 2.79. The van der Waals surface area contributed by atoms with Gasteiger partial charge in [-0.25, -0.2) is 4.39 Å². The third-order valence-corrected chi connectivity index (χ3v) is 3.40. The van der Waals surface area contributed by atoms with Crippen LogP contribution in [-0.2, 0) is 4.79 Å². The second kappa shape index (κ2) is 6.65. The van der Waals surface area contributed by atoms with Crippen LogP contribution in [0.15, 0.2) is 22.7 Å². The summed E-state index contributed by atoms with van der Waals surface area (Å²) in [6, 6.07) is 3.96. The molecule has 0 heterocycles. The maximum Gasteiger partial charge on any atom is 0.305 e. The van der Waals surface area contributed by atoms with Gasteiger partial charge in [0.25, 0.3) is 5.91 Å². The first kappa shape index (κ1) is 15.6. The first-order valence-electron chi connectivity index (χ1n) is 5.85. The Morgan fingerprint density at radius 3 is 2.63 bits per heavy atom. The SMILES string of the molecule is CCN(C(=O)c1cccc(Br)c1F)C(C)CC(=O)O. The van der Waals surface area contributed by atoms with Crippen molar-refractivity contribution < 1.29 is 19.1 Å². The van der Waals surface area contributed by atoms with Crippen molar-refractivity contribution in [2.24, 2.45) is 0 Å². The van der Waals surface area contributed by atoms with Gasteiger partial charge in [-0.15, -0.1) is 0 Å². The van der Waals surface area contributed by atoms with Crippen LogP contribution in [0.25, 0.3) is 0 Å². The number of nitrogens with zero attached hydrogens (tertiary/aromatic N) is 1. The number of hydrogen-bond donors (Lipinski definition) is 1. The lowest BCUT2D eigenvalue weighted by Gasteiger charge is -2.27. The van der Waals surface area contributed by atoms with E-state index in [4.69, 9.17) is 5.11 Å². The number of hydrogen-bond acceptors (Lipinski definition) is 2. The van der Waals surface area contributed by atoms with Crippen molar-refractivity contribution in [1.29, 1.82) is 0 Å². The summed E-state index contributed by atoms with van der Waals surface area (Å²) in [6.45, 7) is 3.68. The molecular weight excluding hydrogens is 317 g/mol. The molecule has 0 saturated carbocycles. The Hall–Kier alpha value is -1.43. The normalized spacial score (nSPS) is 12.0. The summed E-state index contributed by atoms with van der Waals surface area (Å²) in [6.07, 6.45) is -0.171. The molecule has 0 fully saturated rings. The predicted molar refractivity (Wildman–Crippen MR) is 72.5 cm³/mol. The van der Waals surface area contributed by atoms with Crippen LogP contribution in [0.4, 0.5) is 4.39 Å². The molecule has 1 aromatic carbocycles. The summed E-state index contributed by atoms with van der Waals surface area (Å²) in [4.78, 5) is 24.3. The van der Waals surface area contributed by atoms with E-state index in [-0.39, 0.29) is 16.5 Å². The van der Waals surface area contributed by atoms with Gasteiger partial charge in [0.2, 0.25) is 0 Å². The first-order chi connectivity index (χ1) is 8.88. The molecule has 19 heavy (non-hydrogen) atoms. The Morgan fingerprint density at radius 1 is 1.47 bits per heavy atom. The zero-order valence-corrected chi connectivity index (χ0v) is 12.3. The summed E-state index contributed by atoms with van der Waals surface area (Å²) < 4.78 is 14.1. The number of carboxylic acids is 1. The highest BCUT2D eigenvalue weighted by atomic mass is 79.9. The van der Waals surface area contributed by atoms with Crippen molar-refractivity contribution in [3.05, 3.63) is 34.1 Å². The molecule has 0 bridgehead atoms. The molecule has 1 N–H and O–H groups in total. The van der Waals surface area contributed by atoms with Crippen molar-refractivity contribution in [2.75, 3.05) is 6.54 Å². The van der Waals surface area contributed by atoms with Gasteiger partial charge in [-0.2, -0.15) is 0 Å². The monoisotopic (exact) mass is 331 g/mol. The molecule has 4 nitrogen and oxygen atoms in total. The van der Waals surface area contributed by atoms with Crippen LogP contribution in [0.3, 0.4) is 0 Å². The molecule has 0 aliphatic heterocycles. The lowest BCUT2D eigenvalue weighted by Crippen LogP contribution is -2.40. The lowest BCUT2D eigenvalue weighted by atomic mass is 10.1. The number of rotatable bonds is 5. The molecule has 0 aromatic heterocycles. The lowest BCUT2D eigenvalue weighted by molar-refractivity contribution is -0.138. The van der Waals surface area contributed by atoms with Crippen LogP contribution in [-0.4, -0.2) is 34.5 Å². The van der Waals surface area contributed by atoms with E-state index < -0.39 is 23.7 Å². The van der Waals surface area contributed by atoms with E-state index in [1.807, 2.05) is 0 Å². The van der Waals surface area contributed by atoms with Gasteiger partial charge in [-0.1, -0.05) is 6.07 Å². The van der Waals surface area contributed by atoms with E-state index in [0.717, 1.165) is 0 Å². The number of carbonyl (C=O) groups is 2. The van der Waals surface area contributed by atoms with Crippen molar-refractivity contribution in [3.8, 4) is 0 Å². The highest BCUT2D eigenvalue weighted by molar-refractivity contribution is 9.10. The van der Waals surface area contributed by atoms with Crippen molar-refractivity contribution in [1.82, 2.24) is 4.90 Å². The number of carboxylic acid groups (broad SMARTS) is 1. The molecule has 1 atom stereocenters. The van der Waals surface area contributed by atoms with Gasteiger partial charge >= 0.3 is 5.97 Å². The average Bonchev–Trinajstić information content (AvgIpc) is 2.32. The zero-order valence-electron chi connectivity index (χ0n) is 10.7. The van der Waals surface area contributed by atoms with Crippen molar-refractivity contribution in [3.63, 3.8) is 0 Å². The van der Waals surface area contributed by atoms with E-state index >= 15 is 0 Å². The summed E-state index contributed by atoms with van der Waals surface area (Å²) in [5.74, 6) is -2.13. The Labute approximate surface area is 119 Å². The van der Waals surface area contributed by atoms with Crippen LogP contribution in [0, 0.1) is 5.82 Å². The van der Waals surface area contributed by atoms with E-state index in [9.17, 15) is 14.0 Å². The summed E-state index contributed by atoms with van der Waals surface area (Å²) in [7, 11) is 0. The summed E-state index contributed by atoms with van der Waals surface area (Å²) in [5.41, 5.74) is -0.0616. The maximum atomic E-state index is 13.9. The minimum absolute atomic E-state index is 0.0616. The van der Waals surface area contributed by atoms with E-state index in [2.05, 4.69) is 15.9 Å². The minimum atomic E-state index is -0.992. The Morgan fingerprint density at radius 2 is 2.11 bits per heavy atom. The van der Waals surface area contributed by atoms with Gasteiger partial charge in [0.1, 0.15) is 5.82 Å². The average molecular weight is 332 g/mol. The molecular formula is C13H15BrFNO3. The Balaban J connectivity index is 3.02. The zero-order chi connectivity index (χ0) is 14.6. The second-order valence-electron chi connectivity index (χ2n) is 4.14. The number of aliphatic carboxylic acids is 1. The largest absolute Gasteiger partial charge is 0.481 e. The second-order valence-corrected chi connectivity index (χ2v) is 4.99. The molecule has 1 rings (SSSR count). The topological polar surface area (TPSA) is 57.6 Å². The third kappa shape index (κ3) is 3.76. The minimum Gasteiger partial charge on any atom is -0.481 e. The fourth-order valence-corrected chi connectivity index (χ4v) is 2.21. The quantitative estimate of drug-likeness (QED) is 0.902. The van der Waals surface area contributed by atoms with E-state index in [1.54, 1.807) is 19.9 Å². The fourth-order valence-electron chi connectivity index (χ4n) is 1.84. The molecule has 1 amide bonds. The molecule has 1 unspecified atom stereocenters. The van der Waals surface area contributed by atoms with Crippen LogP contribution in [0.1, 0.15) is 30.6 Å². The van der Waals surface area contributed by atoms with Gasteiger partial charge in [0.05, 0.1) is 16.5 Å². The van der Waals surface area contributed by atoms with Crippen LogP contribution < -0.4 is 0 Å². The number of halogens is 2. The molecule has 1 aromatic rings. The molecule has 0 saturated heterocycles. The van der Waals surface area contributed by atoms with Crippen molar-refractivity contribution >= 4 is 27.8 Å². The highest BCUT2D eigenvalue weighted by Crippen LogP contribution is 2.21. The maximum absolute atomic E-state index is 13.9. The van der Waals surface area contributed by atoms with Crippen LogP contribution in [0.2, 0.25) is 0 Å². The van der Waals surface area contributed by atoms with Crippen molar-refractivity contribution in [2.45, 2.75) is 26.3 Å².